The summed E-state index contributed by atoms with van der Waals surface area (Å²) in [4.78, 5) is 29.1. The maximum Gasteiger partial charge on any atom is 0.259 e. The van der Waals surface area contributed by atoms with Crippen molar-refractivity contribution in [3.05, 3.63) is 83.7 Å². The summed E-state index contributed by atoms with van der Waals surface area (Å²) < 4.78 is 25.0. The summed E-state index contributed by atoms with van der Waals surface area (Å²) in [5, 5.41) is 13.3. The summed E-state index contributed by atoms with van der Waals surface area (Å²) in [6.45, 7) is 0.784. The highest BCUT2D eigenvalue weighted by Crippen LogP contribution is 2.35. The molecule has 1 saturated carbocycles. The number of hydrogen-bond donors (Lipinski definition) is 2. The number of carbonyl (C=O) groups is 2. The Balaban J connectivity index is 1.60. The summed E-state index contributed by atoms with van der Waals surface area (Å²) in [5.41, 5.74) is 1.05. The molecule has 3 aromatic rings. The summed E-state index contributed by atoms with van der Waals surface area (Å²) in [6, 6.07) is 15.5. The molecule has 1 atom stereocenters. The summed E-state index contributed by atoms with van der Waals surface area (Å²) in [5.74, 6) is -0.374. The zero-order valence-corrected chi connectivity index (χ0v) is 19.7. The number of aromatic hydroxyl groups is 1. The van der Waals surface area contributed by atoms with Gasteiger partial charge in [-0.15, -0.1) is 0 Å². The second-order valence-corrected chi connectivity index (χ2v) is 9.00. The Morgan fingerprint density at radius 2 is 1.67 bits per heavy atom. The first kappa shape index (κ1) is 23.7. The van der Waals surface area contributed by atoms with Crippen molar-refractivity contribution in [2.45, 2.75) is 37.8 Å². The van der Waals surface area contributed by atoms with E-state index in [1.807, 2.05) is 0 Å². The third-order valence-corrected chi connectivity index (χ3v) is 6.51. The fourth-order valence-electron chi connectivity index (χ4n) is 4.75. The first-order chi connectivity index (χ1) is 17.5. The van der Waals surface area contributed by atoms with E-state index in [1.54, 1.807) is 30.3 Å². The van der Waals surface area contributed by atoms with E-state index in [0.29, 0.717) is 36.0 Å². The van der Waals surface area contributed by atoms with Gasteiger partial charge in [0.1, 0.15) is 30.8 Å². The number of amides is 2. The van der Waals surface area contributed by atoms with Gasteiger partial charge in [0.2, 0.25) is 5.91 Å². The van der Waals surface area contributed by atoms with Crippen LogP contribution in [0.5, 0.6) is 17.2 Å². The molecule has 2 amide bonds. The number of phenols is 1. The highest BCUT2D eigenvalue weighted by Gasteiger charge is 2.35. The van der Waals surface area contributed by atoms with Crippen LogP contribution in [-0.4, -0.2) is 36.2 Å². The fourth-order valence-corrected chi connectivity index (χ4v) is 4.75. The van der Waals surface area contributed by atoms with Crippen LogP contribution in [0, 0.1) is 5.82 Å². The topological polar surface area (TPSA) is 88.1 Å². The number of hydrogen-bond acceptors (Lipinski definition) is 5. The van der Waals surface area contributed by atoms with Crippen LogP contribution in [-0.2, 0) is 4.79 Å². The average molecular weight is 491 g/mol. The zero-order chi connectivity index (χ0) is 25.1. The molecule has 0 saturated heterocycles. The minimum absolute atomic E-state index is 0.0101. The smallest absolute Gasteiger partial charge is 0.259 e. The number of phenolic OH excluding ortho intramolecular Hbond substituents is 1. The van der Waals surface area contributed by atoms with Crippen molar-refractivity contribution < 1.29 is 28.6 Å². The molecule has 0 spiro atoms. The van der Waals surface area contributed by atoms with Gasteiger partial charge in [-0.3, -0.25) is 14.5 Å². The van der Waals surface area contributed by atoms with Crippen LogP contribution in [0.15, 0.2) is 66.7 Å². The van der Waals surface area contributed by atoms with E-state index in [1.165, 1.54) is 41.3 Å². The molecule has 3 aromatic carbocycles. The SMILES string of the molecule is O=C(NC1CCCC1)C(c1ccc(F)cc1)N(C(=O)c1ccc2c(c1)OCCO2)c1cccc(O)c1. The number of anilines is 1. The second-order valence-electron chi connectivity index (χ2n) is 9.00. The quantitative estimate of drug-likeness (QED) is 0.521. The van der Waals surface area contributed by atoms with Crippen LogP contribution in [0.1, 0.15) is 47.6 Å². The van der Waals surface area contributed by atoms with E-state index < -0.39 is 17.8 Å². The monoisotopic (exact) mass is 490 g/mol. The molecule has 1 fully saturated rings. The molecule has 8 heteroatoms. The van der Waals surface area contributed by atoms with Crippen LogP contribution in [0.2, 0.25) is 0 Å². The second kappa shape index (κ2) is 10.3. The predicted molar refractivity (Wildman–Crippen MR) is 132 cm³/mol. The van der Waals surface area contributed by atoms with Crippen molar-refractivity contribution in [1.29, 1.82) is 0 Å². The van der Waals surface area contributed by atoms with Crippen LogP contribution in [0.4, 0.5) is 10.1 Å². The lowest BCUT2D eigenvalue weighted by Gasteiger charge is -2.32. The highest BCUT2D eigenvalue weighted by atomic mass is 19.1. The van der Waals surface area contributed by atoms with Gasteiger partial charge in [0.25, 0.3) is 5.91 Å². The number of halogens is 1. The Hall–Kier alpha value is -4.07. The standard InChI is InChI=1S/C28H27FN2O5/c29-20-11-8-18(9-12-20)26(27(33)30-21-4-1-2-5-21)31(22-6-3-7-23(32)17-22)28(34)19-10-13-24-25(16-19)36-15-14-35-24/h3,6-13,16-17,21,26,32H,1-2,4-5,14-15H2,(H,30,33). The molecule has 5 rings (SSSR count). The molecule has 1 aliphatic carbocycles. The van der Waals surface area contributed by atoms with Gasteiger partial charge in [0, 0.05) is 23.4 Å². The molecule has 1 unspecified atom stereocenters. The molecule has 1 heterocycles. The lowest BCUT2D eigenvalue weighted by molar-refractivity contribution is -0.123. The van der Waals surface area contributed by atoms with Crippen LogP contribution in [0.25, 0.3) is 0 Å². The molecular formula is C28H27FN2O5. The number of carbonyl (C=O) groups excluding carboxylic acids is 2. The molecule has 0 aromatic heterocycles. The van der Waals surface area contributed by atoms with Gasteiger partial charge >= 0.3 is 0 Å². The average Bonchev–Trinajstić information content (AvgIpc) is 3.40. The van der Waals surface area contributed by atoms with E-state index in [9.17, 15) is 19.1 Å². The third kappa shape index (κ3) is 4.98. The van der Waals surface area contributed by atoms with Crippen LogP contribution in [0.3, 0.4) is 0 Å². The number of ether oxygens (including phenoxy) is 2. The molecular weight excluding hydrogens is 463 g/mol. The normalized spacial score (nSPS) is 15.8. The summed E-state index contributed by atoms with van der Waals surface area (Å²) >= 11 is 0. The number of fused-ring (bicyclic) bond motifs is 1. The molecule has 7 nitrogen and oxygen atoms in total. The van der Waals surface area contributed by atoms with Crippen molar-refractivity contribution in [2.75, 3.05) is 18.1 Å². The molecule has 1 aliphatic heterocycles. The highest BCUT2D eigenvalue weighted by molar-refractivity contribution is 6.10. The van der Waals surface area contributed by atoms with E-state index in [4.69, 9.17) is 9.47 Å². The molecule has 0 bridgehead atoms. The first-order valence-corrected chi connectivity index (χ1v) is 12.1. The predicted octanol–water partition coefficient (Wildman–Crippen LogP) is 4.75. The van der Waals surface area contributed by atoms with Crippen molar-refractivity contribution in [2.24, 2.45) is 0 Å². The maximum atomic E-state index is 14.1. The lowest BCUT2D eigenvalue weighted by Crippen LogP contribution is -2.46. The van der Waals surface area contributed by atoms with Gasteiger partial charge in [-0.2, -0.15) is 0 Å². The molecule has 186 valence electrons. The van der Waals surface area contributed by atoms with Crippen LogP contribution >= 0.6 is 0 Å². The lowest BCUT2D eigenvalue weighted by atomic mass is 10.0. The fraction of sp³-hybridized carbons (Fsp3) is 0.286. The zero-order valence-electron chi connectivity index (χ0n) is 19.7. The maximum absolute atomic E-state index is 14.1. The van der Waals surface area contributed by atoms with Crippen molar-refractivity contribution in [3.63, 3.8) is 0 Å². The van der Waals surface area contributed by atoms with E-state index >= 15 is 0 Å². The number of nitrogens with zero attached hydrogens (tertiary/aromatic N) is 1. The summed E-state index contributed by atoms with van der Waals surface area (Å²) in [6.07, 6.45) is 3.78. The van der Waals surface area contributed by atoms with Gasteiger partial charge in [-0.1, -0.05) is 31.0 Å². The Kier molecular flexibility index (Phi) is 6.75. The minimum atomic E-state index is -1.10. The van der Waals surface area contributed by atoms with Gasteiger partial charge < -0.3 is 19.9 Å². The molecule has 2 aliphatic rings. The summed E-state index contributed by atoms with van der Waals surface area (Å²) in [7, 11) is 0. The van der Waals surface area contributed by atoms with E-state index in [2.05, 4.69) is 5.32 Å². The minimum Gasteiger partial charge on any atom is -0.508 e. The van der Waals surface area contributed by atoms with Crippen molar-refractivity contribution in [3.8, 4) is 17.2 Å². The van der Waals surface area contributed by atoms with Gasteiger partial charge in [-0.25, -0.2) is 4.39 Å². The van der Waals surface area contributed by atoms with Crippen molar-refractivity contribution >= 4 is 17.5 Å². The molecule has 36 heavy (non-hydrogen) atoms. The Morgan fingerprint density at radius 1 is 0.944 bits per heavy atom. The van der Waals surface area contributed by atoms with Gasteiger partial charge in [0.15, 0.2) is 11.5 Å². The Morgan fingerprint density at radius 3 is 2.39 bits per heavy atom. The van der Waals surface area contributed by atoms with Crippen LogP contribution < -0.4 is 19.7 Å². The van der Waals surface area contributed by atoms with Gasteiger partial charge in [0.05, 0.1) is 0 Å². The molecule has 0 radical (unpaired) electrons. The Bertz CT molecular complexity index is 1260. The van der Waals surface area contributed by atoms with E-state index in [-0.39, 0.29) is 23.3 Å². The van der Waals surface area contributed by atoms with E-state index in [0.717, 1.165) is 25.7 Å². The van der Waals surface area contributed by atoms with Gasteiger partial charge in [-0.05, 0) is 60.9 Å². The number of rotatable bonds is 6. The Labute approximate surface area is 208 Å². The largest absolute Gasteiger partial charge is 0.508 e. The first-order valence-electron chi connectivity index (χ1n) is 12.1. The van der Waals surface area contributed by atoms with Crippen molar-refractivity contribution in [1.82, 2.24) is 5.32 Å². The number of nitrogens with one attached hydrogen (secondary N) is 1. The number of benzene rings is 3. The third-order valence-electron chi connectivity index (χ3n) is 6.51. The molecule has 2 N–H and O–H groups in total.